The molecule has 4 rings (SSSR count). The maximum atomic E-state index is 13.2. The van der Waals surface area contributed by atoms with Gasteiger partial charge in [0.2, 0.25) is 0 Å². The Morgan fingerprint density at radius 1 is 1.21 bits per heavy atom. The molecule has 6 nitrogen and oxygen atoms in total. The molecule has 152 valence electrons. The van der Waals surface area contributed by atoms with Gasteiger partial charge < -0.3 is 9.80 Å². The van der Waals surface area contributed by atoms with Crippen molar-refractivity contribution in [1.29, 1.82) is 0 Å². The number of benzene rings is 1. The number of nitrogens with one attached hydrogen (secondary N) is 1. The summed E-state index contributed by atoms with van der Waals surface area (Å²) in [6.45, 7) is 6.11. The maximum absolute atomic E-state index is 13.2. The van der Waals surface area contributed by atoms with Gasteiger partial charge in [0.25, 0.3) is 5.91 Å². The Morgan fingerprint density at radius 3 is 2.52 bits per heavy atom. The highest BCUT2D eigenvalue weighted by atomic mass is 35.5. The molecule has 1 amide bonds. The summed E-state index contributed by atoms with van der Waals surface area (Å²) in [5, 5.41) is 5.80. The molecule has 1 fully saturated rings. The van der Waals surface area contributed by atoms with Crippen molar-refractivity contribution in [2.24, 2.45) is 0 Å². The molecule has 1 aliphatic heterocycles. The number of halogens is 1. The Hall–Kier alpha value is -2.44. The van der Waals surface area contributed by atoms with E-state index >= 15 is 0 Å². The lowest BCUT2D eigenvalue weighted by molar-refractivity contribution is -0.885. The molecular weight excluding hydrogens is 386 g/mol. The third-order valence-electron chi connectivity index (χ3n) is 5.99. The first-order chi connectivity index (χ1) is 13.9. The van der Waals surface area contributed by atoms with Crippen molar-refractivity contribution in [3.63, 3.8) is 0 Å². The van der Waals surface area contributed by atoms with Crippen molar-refractivity contribution >= 4 is 28.5 Å². The van der Waals surface area contributed by atoms with Crippen LogP contribution in [0.2, 0.25) is 5.02 Å². The van der Waals surface area contributed by atoms with Crippen LogP contribution in [0, 0.1) is 13.8 Å². The van der Waals surface area contributed by atoms with Crippen molar-refractivity contribution in [2.45, 2.75) is 32.7 Å². The second-order valence-electron chi connectivity index (χ2n) is 8.12. The normalized spacial score (nSPS) is 19.5. The number of piperidine rings is 1. The molecule has 0 bridgehead atoms. The first kappa shape index (κ1) is 19.9. The molecule has 0 unspecified atom stereocenters. The number of aryl methyl sites for hydroxylation is 2. The number of quaternary nitrogens is 1. The summed E-state index contributed by atoms with van der Waals surface area (Å²) in [6.07, 6.45) is 3.60. The second kappa shape index (κ2) is 7.76. The fourth-order valence-electron chi connectivity index (χ4n) is 4.06. The quantitative estimate of drug-likeness (QED) is 0.718. The van der Waals surface area contributed by atoms with Gasteiger partial charge in [-0.25, -0.2) is 9.67 Å². The van der Waals surface area contributed by atoms with E-state index in [4.69, 9.17) is 11.6 Å². The van der Waals surface area contributed by atoms with Crippen LogP contribution in [0.1, 0.15) is 34.5 Å². The molecule has 2 aromatic heterocycles. The van der Waals surface area contributed by atoms with Gasteiger partial charge in [-0.3, -0.25) is 4.79 Å². The zero-order chi connectivity index (χ0) is 20.7. The number of rotatable bonds is 3. The number of hydrogen-bond donors (Lipinski definition) is 1. The van der Waals surface area contributed by atoms with E-state index in [9.17, 15) is 4.79 Å². The van der Waals surface area contributed by atoms with E-state index in [1.54, 1.807) is 10.9 Å². The molecule has 29 heavy (non-hydrogen) atoms. The van der Waals surface area contributed by atoms with Crippen LogP contribution < -0.4 is 4.90 Å². The van der Waals surface area contributed by atoms with E-state index in [0.717, 1.165) is 42.7 Å². The summed E-state index contributed by atoms with van der Waals surface area (Å²) < 4.78 is 1.79. The lowest BCUT2D eigenvalue weighted by Gasteiger charge is -2.33. The highest BCUT2D eigenvalue weighted by Crippen LogP contribution is 2.31. The van der Waals surface area contributed by atoms with Crippen molar-refractivity contribution in [2.75, 3.05) is 27.2 Å². The Morgan fingerprint density at radius 2 is 1.86 bits per heavy atom. The van der Waals surface area contributed by atoms with Crippen molar-refractivity contribution in [1.82, 2.24) is 19.7 Å². The van der Waals surface area contributed by atoms with Gasteiger partial charge >= 0.3 is 0 Å². The Kier molecular flexibility index (Phi) is 5.32. The van der Waals surface area contributed by atoms with Gasteiger partial charge in [-0.15, -0.1) is 0 Å². The molecule has 0 aliphatic carbocycles. The number of nitrogens with zero attached hydrogens (tertiary/aromatic N) is 4. The Bertz CT molecular complexity index is 1050. The fraction of sp³-hybridized carbons (Fsp3) is 0.409. The summed E-state index contributed by atoms with van der Waals surface area (Å²) in [6, 6.07) is 8.33. The highest BCUT2D eigenvalue weighted by Gasteiger charge is 2.29. The fourth-order valence-corrected chi connectivity index (χ4v) is 4.41. The number of hydrogen-bond acceptors (Lipinski definition) is 3. The third-order valence-corrected chi connectivity index (χ3v) is 6.39. The molecule has 1 aliphatic rings. The minimum absolute atomic E-state index is 0.0727. The number of likely N-dealkylation sites (tertiary alicyclic amines) is 1. The molecule has 0 radical (unpaired) electrons. The summed E-state index contributed by atoms with van der Waals surface area (Å²) in [5.41, 5.74) is 3.97. The molecule has 0 atom stereocenters. The SMILES string of the molecule is Cc1ccc(-n2nc(C)c3c(Cl)c(C(=O)N(C)C4CC[NH+](C)CC4)cnc32)cc1. The van der Waals surface area contributed by atoms with Crippen LogP contribution in [0.15, 0.2) is 30.5 Å². The van der Waals surface area contributed by atoms with Gasteiger partial charge in [0.05, 0.1) is 47.5 Å². The lowest BCUT2D eigenvalue weighted by atomic mass is 10.0. The van der Waals surface area contributed by atoms with E-state index in [0.29, 0.717) is 16.2 Å². The first-order valence-corrected chi connectivity index (χ1v) is 10.4. The Balaban J connectivity index is 1.70. The molecule has 0 saturated carbocycles. The summed E-state index contributed by atoms with van der Waals surface area (Å²) >= 11 is 6.73. The van der Waals surface area contributed by atoms with E-state index in [-0.39, 0.29) is 11.9 Å². The van der Waals surface area contributed by atoms with Crippen molar-refractivity contribution in [3.05, 3.63) is 52.3 Å². The van der Waals surface area contributed by atoms with Crippen molar-refractivity contribution in [3.8, 4) is 5.69 Å². The second-order valence-corrected chi connectivity index (χ2v) is 8.50. The van der Waals surface area contributed by atoms with Gasteiger partial charge in [-0.1, -0.05) is 29.3 Å². The average Bonchev–Trinajstić information content (AvgIpc) is 3.06. The van der Waals surface area contributed by atoms with E-state index < -0.39 is 0 Å². The molecule has 3 heterocycles. The number of carbonyl (C=O) groups excluding carboxylic acids is 1. The standard InChI is InChI=1S/C22H26ClN5O/c1-14-5-7-17(8-6-14)28-21-19(15(2)25-28)20(23)18(13-24-21)22(29)27(4)16-9-11-26(3)12-10-16/h5-8,13,16H,9-12H2,1-4H3/p+1. The number of fused-ring (bicyclic) bond motifs is 1. The van der Waals surface area contributed by atoms with Crippen LogP contribution in [0.3, 0.4) is 0 Å². The van der Waals surface area contributed by atoms with Gasteiger partial charge in [0, 0.05) is 32.1 Å². The van der Waals surface area contributed by atoms with E-state index in [1.165, 1.54) is 10.5 Å². The topological polar surface area (TPSA) is 55.5 Å². The zero-order valence-electron chi connectivity index (χ0n) is 17.4. The average molecular weight is 413 g/mol. The lowest BCUT2D eigenvalue weighted by Crippen LogP contribution is -3.10. The van der Waals surface area contributed by atoms with Gasteiger partial charge in [0.1, 0.15) is 0 Å². The number of aromatic nitrogens is 3. The third kappa shape index (κ3) is 3.63. The molecule has 1 saturated heterocycles. The minimum atomic E-state index is -0.0727. The van der Waals surface area contributed by atoms with Crippen LogP contribution in [0.4, 0.5) is 0 Å². The predicted molar refractivity (Wildman–Crippen MR) is 115 cm³/mol. The van der Waals surface area contributed by atoms with Gasteiger partial charge in [-0.05, 0) is 26.0 Å². The molecule has 7 heteroatoms. The molecule has 1 aromatic carbocycles. The summed E-state index contributed by atoms with van der Waals surface area (Å²) in [7, 11) is 4.07. The highest BCUT2D eigenvalue weighted by molar-refractivity contribution is 6.38. The van der Waals surface area contributed by atoms with Crippen LogP contribution >= 0.6 is 11.6 Å². The summed E-state index contributed by atoms with van der Waals surface area (Å²) in [5.74, 6) is -0.0727. The van der Waals surface area contributed by atoms with Gasteiger partial charge in [0.15, 0.2) is 5.65 Å². The van der Waals surface area contributed by atoms with Crippen molar-refractivity contribution < 1.29 is 9.69 Å². The van der Waals surface area contributed by atoms with E-state index in [2.05, 4.69) is 17.1 Å². The smallest absolute Gasteiger partial charge is 0.256 e. The zero-order valence-corrected chi connectivity index (χ0v) is 18.1. The molecule has 3 aromatic rings. The minimum Gasteiger partial charge on any atom is -0.338 e. The molecule has 0 spiro atoms. The number of pyridine rings is 1. The predicted octanol–water partition coefficient (Wildman–Crippen LogP) is 2.44. The number of amides is 1. The largest absolute Gasteiger partial charge is 0.338 e. The van der Waals surface area contributed by atoms with Crippen LogP contribution in [-0.4, -0.2) is 58.8 Å². The van der Waals surface area contributed by atoms with Crippen LogP contribution in [-0.2, 0) is 0 Å². The number of carbonyl (C=O) groups is 1. The summed E-state index contributed by atoms with van der Waals surface area (Å²) in [4.78, 5) is 21.1. The first-order valence-electron chi connectivity index (χ1n) is 10.1. The maximum Gasteiger partial charge on any atom is 0.256 e. The molecular formula is C22H27ClN5O+. The van der Waals surface area contributed by atoms with Gasteiger partial charge in [-0.2, -0.15) is 5.10 Å². The van der Waals surface area contributed by atoms with Crippen LogP contribution in [0.5, 0.6) is 0 Å². The van der Waals surface area contributed by atoms with Crippen LogP contribution in [0.25, 0.3) is 16.7 Å². The molecule has 1 N–H and O–H groups in total. The Labute approximate surface area is 176 Å². The monoisotopic (exact) mass is 412 g/mol. The van der Waals surface area contributed by atoms with E-state index in [1.807, 2.05) is 50.1 Å².